The summed E-state index contributed by atoms with van der Waals surface area (Å²) >= 11 is 1.45. The zero-order valence-corrected chi connectivity index (χ0v) is 16.5. The largest absolute Gasteiger partial charge is 0.449 e. The van der Waals surface area contributed by atoms with Gasteiger partial charge in [-0.25, -0.2) is 14.8 Å². The van der Waals surface area contributed by atoms with E-state index in [0.717, 1.165) is 17.0 Å². The molecule has 27 heavy (non-hydrogen) atoms. The van der Waals surface area contributed by atoms with Crippen molar-refractivity contribution in [1.82, 2.24) is 15.3 Å². The SMILES string of the molecule is C=CCNC(=O)[C@H](C)OC(=O)c1ccccc1CSc1nc(C)cc(C)n1. The maximum absolute atomic E-state index is 12.5. The number of nitrogens with one attached hydrogen (secondary N) is 1. The van der Waals surface area contributed by atoms with Crippen LogP contribution in [0.4, 0.5) is 0 Å². The minimum Gasteiger partial charge on any atom is -0.449 e. The van der Waals surface area contributed by atoms with E-state index in [9.17, 15) is 9.59 Å². The number of esters is 1. The molecule has 1 N–H and O–H groups in total. The minimum atomic E-state index is -0.888. The highest BCUT2D eigenvalue weighted by atomic mass is 32.2. The maximum atomic E-state index is 12.5. The highest BCUT2D eigenvalue weighted by Gasteiger charge is 2.20. The molecule has 2 rings (SSSR count). The average Bonchev–Trinajstić information content (AvgIpc) is 2.63. The molecule has 0 fully saturated rings. The molecule has 0 bridgehead atoms. The molecule has 1 amide bonds. The van der Waals surface area contributed by atoms with Gasteiger partial charge in [-0.3, -0.25) is 4.79 Å². The summed E-state index contributed by atoms with van der Waals surface area (Å²) in [5, 5.41) is 3.27. The van der Waals surface area contributed by atoms with Crippen LogP contribution in [-0.4, -0.2) is 34.5 Å². The zero-order valence-electron chi connectivity index (χ0n) is 15.7. The molecular formula is C20H23N3O3S. The van der Waals surface area contributed by atoms with Crippen molar-refractivity contribution in [2.75, 3.05) is 6.54 Å². The second-order valence-electron chi connectivity index (χ2n) is 5.96. The number of rotatable bonds is 8. The van der Waals surface area contributed by atoms with Crippen LogP contribution in [0.3, 0.4) is 0 Å². The molecule has 1 heterocycles. The van der Waals surface area contributed by atoms with E-state index in [1.54, 1.807) is 18.2 Å². The van der Waals surface area contributed by atoms with Crippen LogP contribution >= 0.6 is 11.8 Å². The first-order chi connectivity index (χ1) is 12.9. The fourth-order valence-electron chi connectivity index (χ4n) is 2.34. The highest BCUT2D eigenvalue weighted by molar-refractivity contribution is 7.98. The van der Waals surface area contributed by atoms with Gasteiger partial charge in [0.2, 0.25) is 0 Å². The summed E-state index contributed by atoms with van der Waals surface area (Å²) in [4.78, 5) is 33.2. The summed E-state index contributed by atoms with van der Waals surface area (Å²) in [6.45, 7) is 9.23. The second-order valence-corrected chi connectivity index (χ2v) is 6.90. The summed E-state index contributed by atoms with van der Waals surface area (Å²) in [5.41, 5.74) is 3.03. The van der Waals surface area contributed by atoms with Crippen molar-refractivity contribution in [3.63, 3.8) is 0 Å². The fraction of sp³-hybridized carbons (Fsp3) is 0.300. The van der Waals surface area contributed by atoms with Crippen molar-refractivity contribution < 1.29 is 14.3 Å². The van der Waals surface area contributed by atoms with Gasteiger partial charge in [0.25, 0.3) is 5.91 Å². The van der Waals surface area contributed by atoms with Gasteiger partial charge in [0.05, 0.1) is 5.56 Å². The van der Waals surface area contributed by atoms with Crippen molar-refractivity contribution in [2.45, 2.75) is 37.8 Å². The van der Waals surface area contributed by atoms with E-state index >= 15 is 0 Å². The fourth-order valence-corrected chi connectivity index (χ4v) is 3.29. The summed E-state index contributed by atoms with van der Waals surface area (Å²) in [6, 6.07) is 9.08. The van der Waals surface area contributed by atoms with E-state index < -0.39 is 12.1 Å². The number of hydrogen-bond acceptors (Lipinski definition) is 6. The van der Waals surface area contributed by atoms with Crippen molar-refractivity contribution in [1.29, 1.82) is 0 Å². The maximum Gasteiger partial charge on any atom is 0.339 e. The van der Waals surface area contributed by atoms with Crippen LogP contribution in [-0.2, 0) is 15.3 Å². The molecule has 1 atom stereocenters. The van der Waals surface area contributed by atoms with Crippen molar-refractivity contribution in [3.05, 3.63) is 65.5 Å². The summed E-state index contributed by atoms with van der Waals surface area (Å²) in [5.74, 6) is -0.377. The van der Waals surface area contributed by atoms with Crippen LogP contribution < -0.4 is 5.32 Å². The van der Waals surface area contributed by atoms with Crippen LogP contribution in [0.5, 0.6) is 0 Å². The highest BCUT2D eigenvalue weighted by Crippen LogP contribution is 2.23. The van der Waals surface area contributed by atoms with Gasteiger partial charge in [-0.1, -0.05) is 36.0 Å². The first-order valence-electron chi connectivity index (χ1n) is 8.53. The van der Waals surface area contributed by atoms with E-state index in [1.165, 1.54) is 18.7 Å². The standard InChI is InChI=1S/C20H23N3O3S/c1-5-10-21-18(24)15(4)26-19(25)17-9-7-6-8-16(17)12-27-20-22-13(2)11-14(3)23-20/h5-9,11,15H,1,10,12H2,2-4H3,(H,21,24)/t15-/m0/s1. The number of thioether (sulfide) groups is 1. The molecule has 0 aliphatic carbocycles. The average molecular weight is 385 g/mol. The predicted molar refractivity (Wildman–Crippen MR) is 106 cm³/mol. The molecule has 0 saturated carbocycles. The lowest BCUT2D eigenvalue weighted by atomic mass is 10.1. The van der Waals surface area contributed by atoms with Gasteiger partial charge in [-0.15, -0.1) is 6.58 Å². The van der Waals surface area contributed by atoms with Crippen molar-refractivity contribution >= 4 is 23.6 Å². The summed E-state index contributed by atoms with van der Waals surface area (Å²) in [6.07, 6.45) is 0.675. The Bertz CT molecular complexity index is 819. The van der Waals surface area contributed by atoms with E-state index in [0.29, 0.717) is 23.0 Å². The molecule has 142 valence electrons. The Morgan fingerprint density at radius 3 is 2.59 bits per heavy atom. The van der Waals surface area contributed by atoms with Crippen molar-refractivity contribution in [3.8, 4) is 0 Å². The quantitative estimate of drug-likeness (QED) is 0.325. The van der Waals surface area contributed by atoms with Gasteiger partial charge in [0, 0.05) is 23.7 Å². The number of carbonyl (C=O) groups excluding carboxylic acids is 2. The Kier molecular flexibility index (Phi) is 7.55. The van der Waals surface area contributed by atoms with Gasteiger partial charge in [-0.2, -0.15) is 0 Å². The molecule has 7 heteroatoms. The Balaban J connectivity index is 2.06. The van der Waals surface area contributed by atoms with Crippen LogP contribution in [0, 0.1) is 13.8 Å². The third-order valence-electron chi connectivity index (χ3n) is 3.63. The molecule has 1 aromatic carbocycles. The van der Waals surface area contributed by atoms with Gasteiger partial charge in [-0.05, 0) is 38.5 Å². The van der Waals surface area contributed by atoms with Gasteiger partial charge in [0.15, 0.2) is 11.3 Å². The Morgan fingerprint density at radius 1 is 1.26 bits per heavy atom. The van der Waals surface area contributed by atoms with E-state index in [4.69, 9.17) is 4.74 Å². The minimum absolute atomic E-state index is 0.323. The molecule has 0 radical (unpaired) electrons. The number of carbonyl (C=O) groups is 2. The smallest absolute Gasteiger partial charge is 0.339 e. The number of ether oxygens (including phenoxy) is 1. The van der Waals surface area contributed by atoms with E-state index in [2.05, 4.69) is 21.9 Å². The molecule has 6 nitrogen and oxygen atoms in total. The summed E-state index contributed by atoms with van der Waals surface area (Å²) in [7, 11) is 0. The van der Waals surface area contributed by atoms with Gasteiger partial charge < -0.3 is 10.1 Å². The monoisotopic (exact) mass is 385 g/mol. The van der Waals surface area contributed by atoms with E-state index in [-0.39, 0.29) is 5.91 Å². The van der Waals surface area contributed by atoms with Crippen LogP contribution in [0.25, 0.3) is 0 Å². The number of nitrogens with zero attached hydrogens (tertiary/aromatic N) is 2. The van der Waals surface area contributed by atoms with Gasteiger partial charge in [0.1, 0.15) is 0 Å². The third kappa shape index (κ3) is 6.21. The molecule has 2 aromatic rings. The topological polar surface area (TPSA) is 81.2 Å². The predicted octanol–water partition coefficient (Wildman–Crippen LogP) is 3.23. The van der Waals surface area contributed by atoms with E-state index in [1.807, 2.05) is 32.0 Å². The molecule has 0 aliphatic heterocycles. The Hall–Kier alpha value is -2.67. The molecule has 0 saturated heterocycles. The Labute approximate surface area is 163 Å². The zero-order chi connectivity index (χ0) is 19.8. The van der Waals surface area contributed by atoms with Crippen LogP contribution in [0.2, 0.25) is 0 Å². The molecule has 0 aliphatic rings. The number of hydrogen-bond donors (Lipinski definition) is 1. The third-order valence-corrected chi connectivity index (χ3v) is 4.53. The summed E-state index contributed by atoms with van der Waals surface area (Å²) < 4.78 is 5.30. The van der Waals surface area contributed by atoms with Gasteiger partial charge >= 0.3 is 5.97 Å². The lowest BCUT2D eigenvalue weighted by Crippen LogP contribution is -2.36. The number of aryl methyl sites for hydroxylation is 2. The first kappa shape index (κ1) is 20.6. The number of benzene rings is 1. The number of amides is 1. The Morgan fingerprint density at radius 2 is 1.93 bits per heavy atom. The van der Waals surface area contributed by atoms with Crippen LogP contribution in [0.1, 0.15) is 34.2 Å². The lowest BCUT2D eigenvalue weighted by Gasteiger charge is -2.14. The number of aromatic nitrogens is 2. The van der Waals surface area contributed by atoms with Crippen molar-refractivity contribution in [2.24, 2.45) is 0 Å². The first-order valence-corrected chi connectivity index (χ1v) is 9.52. The second kappa shape index (κ2) is 9.87. The van der Waals surface area contributed by atoms with Crippen LogP contribution in [0.15, 0.2) is 48.1 Å². The normalized spacial score (nSPS) is 11.5. The molecule has 0 unspecified atom stereocenters. The molecule has 0 spiro atoms. The lowest BCUT2D eigenvalue weighted by molar-refractivity contribution is -0.128. The molecule has 1 aromatic heterocycles. The molecular weight excluding hydrogens is 362 g/mol.